The first-order valence-corrected chi connectivity index (χ1v) is 8.12. The van der Waals surface area contributed by atoms with E-state index in [1.54, 1.807) is 35.5 Å². The molecule has 1 atom stereocenters. The summed E-state index contributed by atoms with van der Waals surface area (Å²) < 4.78 is 5.77. The van der Waals surface area contributed by atoms with Crippen molar-refractivity contribution in [3.63, 3.8) is 0 Å². The van der Waals surface area contributed by atoms with Gasteiger partial charge in [-0.3, -0.25) is 14.8 Å². The van der Waals surface area contributed by atoms with E-state index in [0.29, 0.717) is 30.6 Å². The smallest absolute Gasteiger partial charge is 0.254 e. The summed E-state index contributed by atoms with van der Waals surface area (Å²) in [4.78, 5) is 30.9. The number of fused-ring (bicyclic) bond motifs is 1. The number of nitriles is 1. The van der Waals surface area contributed by atoms with Crippen LogP contribution in [-0.4, -0.2) is 49.9 Å². The number of rotatable bonds is 3. The molecule has 0 saturated carbocycles. The second-order valence-electron chi connectivity index (χ2n) is 5.86. The monoisotopic (exact) mass is 346 g/mol. The molecule has 1 unspecified atom stereocenters. The maximum absolute atomic E-state index is 12.8. The van der Waals surface area contributed by atoms with Gasteiger partial charge in [0.25, 0.3) is 11.8 Å². The molecular weight excluding hydrogens is 332 g/mol. The molecule has 0 radical (unpaired) electrons. The average Bonchev–Trinajstić information content (AvgIpc) is 3.16. The lowest BCUT2D eigenvalue weighted by Gasteiger charge is -2.17. The van der Waals surface area contributed by atoms with Crippen molar-refractivity contribution in [1.82, 2.24) is 24.8 Å². The molecule has 2 aromatic heterocycles. The second kappa shape index (κ2) is 6.72. The minimum Gasteiger partial charge on any atom is -0.470 e. The Morgan fingerprint density at radius 1 is 1.12 bits per heavy atom. The van der Waals surface area contributed by atoms with Gasteiger partial charge < -0.3 is 9.64 Å². The normalized spacial score (nSPS) is 16.4. The molecule has 1 amide bonds. The van der Waals surface area contributed by atoms with Gasteiger partial charge in [-0.25, -0.2) is 9.97 Å². The molecule has 8 nitrogen and oxygen atoms in total. The highest BCUT2D eigenvalue weighted by atomic mass is 16.5. The molecular formula is C18H14N6O2. The van der Waals surface area contributed by atoms with Gasteiger partial charge in [-0.2, -0.15) is 5.26 Å². The Balaban J connectivity index is 1.47. The number of carbonyl (C=O) groups excluding carboxylic acids is 1. The number of carbonyl (C=O) groups is 1. The summed E-state index contributed by atoms with van der Waals surface area (Å²) in [6.07, 6.45) is 6.59. The van der Waals surface area contributed by atoms with Crippen LogP contribution in [0.15, 0.2) is 43.0 Å². The van der Waals surface area contributed by atoms with Crippen LogP contribution < -0.4 is 4.74 Å². The summed E-state index contributed by atoms with van der Waals surface area (Å²) in [6.45, 7) is 1.00. The fourth-order valence-corrected chi connectivity index (χ4v) is 2.93. The zero-order valence-electron chi connectivity index (χ0n) is 13.7. The molecule has 0 aliphatic carbocycles. The third kappa shape index (κ3) is 3.02. The van der Waals surface area contributed by atoms with Crippen molar-refractivity contribution in [2.75, 3.05) is 13.1 Å². The van der Waals surface area contributed by atoms with Crippen molar-refractivity contribution in [2.24, 2.45) is 0 Å². The van der Waals surface area contributed by atoms with Crippen LogP contribution in [0.3, 0.4) is 0 Å². The van der Waals surface area contributed by atoms with E-state index in [1.807, 2.05) is 6.07 Å². The Bertz CT molecular complexity index is 1020. The quantitative estimate of drug-likeness (QED) is 0.709. The first-order chi connectivity index (χ1) is 12.7. The first kappa shape index (κ1) is 15.9. The van der Waals surface area contributed by atoms with Gasteiger partial charge in [-0.05, 0) is 18.2 Å². The third-order valence-corrected chi connectivity index (χ3v) is 4.20. The summed E-state index contributed by atoms with van der Waals surface area (Å²) in [6, 6.07) is 7.24. The van der Waals surface area contributed by atoms with Crippen molar-refractivity contribution in [2.45, 2.75) is 12.5 Å². The molecule has 8 heteroatoms. The zero-order valence-corrected chi connectivity index (χ0v) is 13.7. The number of hydrogen-bond acceptors (Lipinski definition) is 7. The predicted molar refractivity (Wildman–Crippen MR) is 91.2 cm³/mol. The Hall–Kier alpha value is -3.60. The largest absolute Gasteiger partial charge is 0.470 e. The van der Waals surface area contributed by atoms with Crippen molar-refractivity contribution < 1.29 is 9.53 Å². The molecule has 1 aliphatic rings. The average molecular weight is 346 g/mol. The molecule has 1 fully saturated rings. The highest BCUT2D eigenvalue weighted by molar-refractivity contribution is 5.97. The van der Waals surface area contributed by atoms with Gasteiger partial charge in [-0.1, -0.05) is 0 Å². The van der Waals surface area contributed by atoms with Gasteiger partial charge >= 0.3 is 0 Å². The molecule has 4 rings (SSSR count). The van der Waals surface area contributed by atoms with Crippen LogP contribution in [-0.2, 0) is 0 Å². The molecule has 128 valence electrons. The van der Waals surface area contributed by atoms with Crippen molar-refractivity contribution in [3.05, 3.63) is 54.2 Å². The lowest BCUT2D eigenvalue weighted by atomic mass is 10.1. The second-order valence-corrected chi connectivity index (χ2v) is 5.86. The van der Waals surface area contributed by atoms with Crippen LogP contribution in [0.4, 0.5) is 0 Å². The lowest BCUT2D eigenvalue weighted by molar-refractivity contribution is 0.0771. The number of ether oxygens (including phenoxy) is 1. The van der Waals surface area contributed by atoms with Crippen molar-refractivity contribution >= 4 is 16.9 Å². The zero-order chi connectivity index (χ0) is 17.9. The summed E-state index contributed by atoms with van der Waals surface area (Å²) in [5.41, 5.74) is 2.14. The number of amides is 1. The van der Waals surface area contributed by atoms with E-state index < -0.39 is 0 Å². The van der Waals surface area contributed by atoms with Gasteiger partial charge in [0.05, 0.1) is 17.6 Å². The Labute approximate surface area is 149 Å². The minimum atomic E-state index is -0.219. The standard InChI is InChI=1S/C18H14N6O2/c19-10-16-17(23-7-6-22-16)26-13-3-8-24(11-13)18(25)12-1-2-14-15(9-12)21-5-4-20-14/h1-2,4-7,9,13H,3,8,11H2. The SMILES string of the molecule is N#Cc1nccnc1OC1CCN(C(=O)c2ccc3nccnc3c2)C1. The van der Waals surface area contributed by atoms with Crippen LogP contribution in [0, 0.1) is 11.3 Å². The van der Waals surface area contributed by atoms with Gasteiger partial charge in [0.1, 0.15) is 12.2 Å². The number of nitrogens with zero attached hydrogens (tertiary/aromatic N) is 6. The minimum absolute atomic E-state index is 0.0803. The van der Waals surface area contributed by atoms with E-state index in [1.165, 1.54) is 12.4 Å². The maximum atomic E-state index is 12.8. The van der Waals surface area contributed by atoms with Crippen LogP contribution in [0.5, 0.6) is 5.88 Å². The van der Waals surface area contributed by atoms with E-state index in [9.17, 15) is 4.79 Å². The van der Waals surface area contributed by atoms with Gasteiger partial charge in [0.15, 0.2) is 0 Å². The first-order valence-electron chi connectivity index (χ1n) is 8.12. The summed E-state index contributed by atoms with van der Waals surface area (Å²) in [7, 11) is 0. The van der Waals surface area contributed by atoms with Gasteiger partial charge in [0, 0.05) is 43.3 Å². The molecule has 1 aromatic carbocycles. The number of hydrogen-bond donors (Lipinski definition) is 0. The van der Waals surface area contributed by atoms with Crippen LogP contribution >= 0.6 is 0 Å². The molecule has 3 aromatic rings. The van der Waals surface area contributed by atoms with E-state index in [-0.39, 0.29) is 23.6 Å². The fourth-order valence-electron chi connectivity index (χ4n) is 2.93. The number of aromatic nitrogens is 4. The highest BCUT2D eigenvalue weighted by Gasteiger charge is 2.29. The Morgan fingerprint density at radius 2 is 1.88 bits per heavy atom. The molecule has 0 bridgehead atoms. The fraction of sp³-hybridized carbons (Fsp3) is 0.222. The summed E-state index contributed by atoms with van der Waals surface area (Å²) >= 11 is 0. The topological polar surface area (TPSA) is 105 Å². The Morgan fingerprint density at radius 3 is 2.73 bits per heavy atom. The lowest BCUT2D eigenvalue weighted by Crippen LogP contribution is -2.31. The summed E-state index contributed by atoms with van der Waals surface area (Å²) in [5, 5.41) is 9.06. The van der Waals surface area contributed by atoms with Crippen LogP contribution in [0.25, 0.3) is 11.0 Å². The van der Waals surface area contributed by atoms with Crippen LogP contribution in [0.1, 0.15) is 22.5 Å². The predicted octanol–water partition coefficient (Wildman–Crippen LogP) is 1.58. The van der Waals surface area contributed by atoms with Gasteiger partial charge in [-0.15, -0.1) is 0 Å². The molecule has 0 N–H and O–H groups in total. The molecule has 1 aliphatic heterocycles. The van der Waals surface area contributed by atoms with E-state index >= 15 is 0 Å². The third-order valence-electron chi connectivity index (χ3n) is 4.20. The number of benzene rings is 1. The van der Waals surface area contributed by atoms with E-state index in [0.717, 1.165) is 5.52 Å². The van der Waals surface area contributed by atoms with Crippen LogP contribution in [0.2, 0.25) is 0 Å². The summed E-state index contributed by atoms with van der Waals surface area (Å²) in [5.74, 6) is 0.124. The van der Waals surface area contributed by atoms with Crippen molar-refractivity contribution in [3.8, 4) is 11.9 Å². The molecule has 26 heavy (non-hydrogen) atoms. The highest BCUT2D eigenvalue weighted by Crippen LogP contribution is 2.21. The number of likely N-dealkylation sites (tertiary alicyclic amines) is 1. The molecule has 0 spiro atoms. The van der Waals surface area contributed by atoms with E-state index in [2.05, 4.69) is 19.9 Å². The molecule has 3 heterocycles. The van der Waals surface area contributed by atoms with E-state index in [4.69, 9.17) is 10.00 Å². The molecule has 1 saturated heterocycles. The van der Waals surface area contributed by atoms with Gasteiger partial charge in [0.2, 0.25) is 5.69 Å². The Kier molecular flexibility index (Phi) is 4.11. The van der Waals surface area contributed by atoms with Crippen molar-refractivity contribution in [1.29, 1.82) is 5.26 Å². The maximum Gasteiger partial charge on any atom is 0.254 e.